The van der Waals surface area contributed by atoms with Crippen LogP contribution >= 0.6 is 0 Å². The zero-order valence-corrected chi connectivity index (χ0v) is 10.2. The molecule has 0 aliphatic rings. The number of hydrogen-bond acceptors (Lipinski definition) is 4. The fourth-order valence-electron chi connectivity index (χ4n) is 1.68. The fourth-order valence-corrected chi connectivity index (χ4v) is 1.68. The third-order valence-electron chi connectivity index (χ3n) is 2.69. The summed E-state index contributed by atoms with van der Waals surface area (Å²) in [5.74, 6) is 0.0659. The molecule has 1 aromatic heterocycles. The summed E-state index contributed by atoms with van der Waals surface area (Å²) in [6.45, 7) is 3.32. The van der Waals surface area contributed by atoms with Crippen LogP contribution in [0.1, 0.15) is 12.5 Å². The second kappa shape index (κ2) is 5.44. The number of nitrogens with zero attached hydrogens (tertiary/aromatic N) is 3. The normalized spacial score (nSPS) is 10.3. The molecule has 0 saturated carbocycles. The van der Waals surface area contributed by atoms with Crippen LogP contribution in [0.3, 0.4) is 0 Å². The minimum Gasteiger partial charge on any atom is -0.398 e. The number of rotatable bonds is 4. The zero-order valence-electron chi connectivity index (χ0n) is 10.2. The van der Waals surface area contributed by atoms with Crippen molar-refractivity contribution in [2.45, 2.75) is 13.5 Å². The lowest BCUT2D eigenvalue weighted by atomic mass is 10.2. The van der Waals surface area contributed by atoms with Crippen LogP contribution < -0.4 is 10.6 Å². The maximum Gasteiger partial charge on any atom is 0.225 e. The topological polar surface area (TPSA) is 55.0 Å². The Balaban J connectivity index is 2.20. The SMILES string of the molecule is CCN(Cc1ccccc1N)c1ncc(F)cn1. The smallest absolute Gasteiger partial charge is 0.225 e. The molecule has 0 radical (unpaired) electrons. The Labute approximate surface area is 105 Å². The Hall–Kier alpha value is -2.17. The van der Waals surface area contributed by atoms with Crippen molar-refractivity contribution in [3.8, 4) is 0 Å². The number of anilines is 2. The van der Waals surface area contributed by atoms with E-state index in [1.54, 1.807) is 0 Å². The molecule has 0 unspecified atom stereocenters. The summed E-state index contributed by atoms with van der Waals surface area (Å²) in [4.78, 5) is 9.88. The Morgan fingerprint density at radius 1 is 1.22 bits per heavy atom. The van der Waals surface area contributed by atoms with Gasteiger partial charge in [-0.2, -0.15) is 0 Å². The minimum absolute atomic E-state index is 0.436. The number of hydrogen-bond donors (Lipinski definition) is 1. The highest BCUT2D eigenvalue weighted by atomic mass is 19.1. The average molecular weight is 246 g/mol. The van der Waals surface area contributed by atoms with Gasteiger partial charge in [-0.05, 0) is 18.6 Å². The molecule has 1 aromatic carbocycles. The van der Waals surface area contributed by atoms with E-state index in [9.17, 15) is 4.39 Å². The molecule has 0 fully saturated rings. The second-order valence-corrected chi connectivity index (χ2v) is 3.91. The second-order valence-electron chi connectivity index (χ2n) is 3.91. The fraction of sp³-hybridized carbons (Fsp3) is 0.231. The predicted octanol–water partition coefficient (Wildman–Crippen LogP) is 2.22. The molecule has 4 nitrogen and oxygen atoms in total. The van der Waals surface area contributed by atoms with Crippen molar-refractivity contribution in [3.05, 3.63) is 48.0 Å². The van der Waals surface area contributed by atoms with E-state index in [1.807, 2.05) is 36.1 Å². The first-order chi connectivity index (χ1) is 8.70. The standard InChI is InChI=1S/C13H15FN4/c1-2-18(13-16-7-11(14)8-17-13)9-10-5-3-4-6-12(10)15/h3-8H,2,9,15H2,1H3. The van der Waals surface area contributed by atoms with Crippen LogP contribution in [-0.4, -0.2) is 16.5 Å². The van der Waals surface area contributed by atoms with Gasteiger partial charge in [0, 0.05) is 18.8 Å². The summed E-state index contributed by atoms with van der Waals surface area (Å²) in [7, 11) is 0. The van der Waals surface area contributed by atoms with Crippen LogP contribution in [0.15, 0.2) is 36.7 Å². The quantitative estimate of drug-likeness (QED) is 0.840. The molecule has 1 heterocycles. The van der Waals surface area contributed by atoms with Gasteiger partial charge in [-0.25, -0.2) is 14.4 Å². The Kier molecular flexibility index (Phi) is 3.72. The van der Waals surface area contributed by atoms with Gasteiger partial charge >= 0.3 is 0 Å². The number of benzene rings is 1. The van der Waals surface area contributed by atoms with E-state index in [0.29, 0.717) is 12.5 Å². The molecule has 0 spiro atoms. The van der Waals surface area contributed by atoms with Gasteiger partial charge in [-0.1, -0.05) is 18.2 Å². The summed E-state index contributed by atoms with van der Waals surface area (Å²) >= 11 is 0. The summed E-state index contributed by atoms with van der Waals surface area (Å²) in [6.07, 6.45) is 2.33. The summed E-state index contributed by atoms with van der Waals surface area (Å²) in [6, 6.07) is 7.64. The zero-order chi connectivity index (χ0) is 13.0. The molecule has 18 heavy (non-hydrogen) atoms. The lowest BCUT2D eigenvalue weighted by molar-refractivity contribution is 0.611. The molecule has 2 aromatic rings. The number of nitrogens with two attached hydrogens (primary N) is 1. The maximum absolute atomic E-state index is 12.8. The van der Waals surface area contributed by atoms with Crippen molar-refractivity contribution in [3.63, 3.8) is 0 Å². The first-order valence-corrected chi connectivity index (χ1v) is 5.76. The highest BCUT2D eigenvalue weighted by Gasteiger charge is 2.09. The average Bonchev–Trinajstić information content (AvgIpc) is 2.39. The van der Waals surface area contributed by atoms with Gasteiger partial charge < -0.3 is 10.6 Å². The third kappa shape index (κ3) is 2.74. The molecular weight excluding hydrogens is 231 g/mol. The van der Waals surface area contributed by atoms with Gasteiger partial charge in [0.15, 0.2) is 5.82 Å². The molecule has 0 saturated heterocycles. The summed E-state index contributed by atoms with van der Waals surface area (Å²) in [5.41, 5.74) is 7.64. The number of halogens is 1. The molecule has 5 heteroatoms. The van der Waals surface area contributed by atoms with Crippen LogP contribution in [-0.2, 0) is 6.54 Å². The number of para-hydroxylation sites is 1. The van der Waals surface area contributed by atoms with Crippen LogP contribution in [0.2, 0.25) is 0 Å². The molecule has 0 aliphatic heterocycles. The largest absolute Gasteiger partial charge is 0.398 e. The summed E-state index contributed by atoms with van der Waals surface area (Å²) < 4.78 is 12.8. The van der Waals surface area contributed by atoms with Crippen LogP contribution in [0, 0.1) is 5.82 Å². The van der Waals surface area contributed by atoms with Crippen molar-refractivity contribution in [2.24, 2.45) is 0 Å². The highest BCUT2D eigenvalue weighted by Crippen LogP contribution is 2.16. The van der Waals surface area contributed by atoms with Crippen molar-refractivity contribution in [2.75, 3.05) is 17.2 Å². The van der Waals surface area contributed by atoms with Crippen molar-refractivity contribution < 1.29 is 4.39 Å². The van der Waals surface area contributed by atoms with E-state index < -0.39 is 5.82 Å². The lowest BCUT2D eigenvalue weighted by Crippen LogP contribution is -2.24. The summed E-state index contributed by atoms with van der Waals surface area (Å²) in [5, 5.41) is 0. The van der Waals surface area contributed by atoms with Gasteiger partial charge in [0.05, 0.1) is 12.4 Å². The first kappa shape index (κ1) is 12.3. The minimum atomic E-state index is -0.436. The molecule has 0 amide bonds. The Morgan fingerprint density at radius 3 is 2.50 bits per heavy atom. The van der Waals surface area contributed by atoms with Crippen LogP contribution in [0.5, 0.6) is 0 Å². The molecule has 0 bridgehead atoms. The molecule has 94 valence electrons. The van der Waals surface area contributed by atoms with E-state index in [2.05, 4.69) is 9.97 Å². The van der Waals surface area contributed by atoms with Gasteiger partial charge in [-0.3, -0.25) is 0 Å². The van der Waals surface area contributed by atoms with E-state index in [1.165, 1.54) is 12.4 Å². The van der Waals surface area contributed by atoms with E-state index >= 15 is 0 Å². The molecule has 2 rings (SSSR count). The van der Waals surface area contributed by atoms with Crippen molar-refractivity contribution in [1.29, 1.82) is 0 Å². The molecule has 2 N–H and O–H groups in total. The van der Waals surface area contributed by atoms with E-state index in [0.717, 1.165) is 17.8 Å². The van der Waals surface area contributed by atoms with Gasteiger partial charge in [0.2, 0.25) is 5.95 Å². The van der Waals surface area contributed by atoms with Gasteiger partial charge in [0.25, 0.3) is 0 Å². The Bertz CT molecular complexity index is 513. The maximum atomic E-state index is 12.8. The number of nitrogen functional groups attached to an aromatic ring is 1. The van der Waals surface area contributed by atoms with Crippen LogP contribution in [0.4, 0.5) is 16.0 Å². The van der Waals surface area contributed by atoms with Gasteiger partial charge in [-0.15, -0.1) is 0 Å². The monoisotopic (exact) mass is 246 g/mol. The van der Waals surface area contributed by atoms with E-state index in [-0.39, 0.29) is 0 Å². The van der Waals surface area contributed by atoms with Crippen molar-refractivity contribution >= 4 is 11.6 Å². The molecule has 0 aliphatic carbocycles. The van der Waals surface area contributed by atoms with Crippen molar-refractivity contribution in [1.82, 2.24) is 9.97 Å². The third-order valence-corrected chi connectivity index (χ3v) is 2.69. The first-order valence-electron chi connectivity index (χ1n) is 5.76. The number of aromatic nitrogens is 2. The molecule has 0 atom stereocenters. The van der Waals surface area contributed by atoms with E-state index in [4.69, 9.17) is 5.73 Å². The Morgan fingerprint density at radius 2 is 1.89 bits per heavy atom. The van der Waals surface area contributed by atoms with Gasteiger partial charge in [0.1, 0.15) is 0 Å². The molecular formula is C13H15FN4. The lowest BCUT2D eigenvalue weighted by Gasteiger charge is -2.21. The highest BCUT2D eigenvalue weighted by molar-refractivity contribution is 5.48. The predicted molar refractivity (Wildman–Crippen MR) is 69.6 cm³/mol. The van der Waals surface area contributed by atoms with Crippen LogP contribution in [0.25, 0.3) is 0 Å².